The SMILES string of the molecule is CC(=O)[C@@H]1C[C@H](Oc2ncc(Cl)cc2C2(F)CCS(=O)(=O)CC2)CN1c1nc(C(F)F)nc2c1oc1ccccc12. The normalized spacial score (nSPS) is 22.0. The van der Waals surface area contributed by atoms with Gasteiger partial charge in [0.1, 0.15) is 22.9 Å². The molecule has 2 aliphatic rings. The van der Waals surface area contributed by atoms with E-state index in [-0.39, 0.29) is 76.5 Å². The molecule has 0 spiro atoms. The first kappa shape index (κ1) is 27.7. The van der Waals surface area contributed by atoms with Crippen LogP contribution in [0.4, 0.5) is 19.0 Å². The zero-order valence-corrected chi connectivity index (χ0v) is 23.3. The van der Waals surface area contributed by atoms with Crippen LogP contribution in [0.2, 0.25) is 5.02 Å². The Morgan fingerprint density at radius 1 is 1.22 bits per heavy atom. The molecule has 5 heterocycles. The van der Waals surface area contributed by atoms with Crippen molar-refractivity contribution in [2.75, 3.05) is 23.0 Å². The lowest BCUT2D eigenvalue weighted by atomic mass is 9.90. The maximum absolute atomic E-state index is 16.1. The highest BCUT2D eigenvalue weighted by Crippen LogP contribution is 2.44. The van der Waals surface area contributed by atoms with Crippen molar-refractivity contribution in [1.82, 2.24) is 15.0 Å². The summed E-state index contributed by atoms with van der Waals surface area (Å²) in [5.41, 5.74) is -1.23. The highest BCUT2D eigenvalue weighted by Gasteiger charge is 2.44. The van der Waals surface area contributed by atoms with Gasteiger partial charge in [0.25, 0.3) is 6.43 Å². The number of nitrogens with zero attached hydrogens (tertiary/aromatic N) is 4. The van der Waals surface area contributed by atoms with Crippen LogP contribution in [-0.4, -0.2) is 59.3 Å². The standard InChI is InChI=1S/C27H24ClF3N4O5S/c1-14(36)19-11-16(39-26-18(10-15(28)12-32-26)27(31)6-8-41(37,38)9-7-27)13-35(19)25-22-21(33-24(34-25)23(29)30)17-4-2-3-5-20(17)40-22/h2-5,10,12,16,19,23H,6-9,11,13H2,1H3/t16-,19-/m0/s1. The van der Waals surface area contributed by atoms with Gasteiger partial charge in [-0.1, -0.05) is 23.7 Å². The molecule has 0 saturated carbocycles. The van der Waals surface area contributed by atoms with Gasteiger partial charge in [0, 0.05) is 18.0 Å². The van der Waals surface area contributed by atoms with Crippen LogP contribution in [0.3, 0.4) is 0 Å². The summed E-state index contributed by atoms with van der Waals surface area (Å²) in [6.07, 6.45) is -2.84. The molecule has 9 nitrogen and oxygen atoms in total. The van der Waals surface area contributed by atoms with Crippen LogP contribution >= 0.6 is 11.6 Å². The molecule has 0 N–H and O–H groups in total. The average molecular weight is 609 g/mol. The molecule has 2 aliphatic heterocycles. The summed E-state index contributed by atoms with van der Waals surface area (Å²) in [4.78, 5) is 26.6. The number of aromatic nitrogens is 3. The largest absolute Gasteiger partial charge is 0.472 e. The van der Waals surface area contributed by atoms with Gasteiger partial charge in [-0.2, -0.15) is 0 Å². The zero-order valence-electron chi connectivity index (χ0n) is 21.7. The predicted octanol–water partition coefficient (Wildman–Crippen LogP) is 5.35. The number of para-hydroxylation sites is 1. The number of benzene rings is 1. The number of fused-ring (bicyclic) bond motifs is 3. The maximum atomic E-state index is 16.1. The Labute approximate surface area is 237 Å². The molecule has 2 atom stereocenters. The molecule has 1 aromatic carbocycles. The molecule has 0 bridgehead atoms. The van der Waals surface area contributed by atoms with E-state index in [1.807, 2.05) is 0 Å². The number of carbonyl (C=O) groups is 1. The van der Waals surface area contributed by atoms with E-state index >= 15 is 4.39 Å². The minimum Gasteiger partial charge on any atom is -0.472 e. The molecule has 2 saturated heterocycles. The highest BCUT2D eigenvalue weighted by atomic mass is 35.5. The van der Waals surface area contributed by atoms with E-state index in [2.05, 4.69) is 15.0 Å². The molecule has 216 valence electrons. The molecule has 0 radical (unpaired) electrons. The number of furan rings is 1. The van der Waals surface area contributed by atoms with Crippen LogP contribution in [0.15, 0.2) is 40.9 Å². The molecule has 3 aromatic heterocycles. The van der Waals surface area contributed by atoms with Crippen LogP contribution in [0.1, 0.15) is 44.0 Å². The molecule has 6 rings (SSSR count). The van der Waals surface area contributed by atoms with E-state index in [0.29, 0.717) is 11.0 Å². The maximum Gasteiger partial charge on any atom is 0.297 e. The van der Waals surface area contributed by atoms with Gasteiger partial charge in [-0.3, -0.25) is 4.79 Å². The Balaban J connectivity index is 1.37. The summed E-state index contributed by atoms with van der Waals surface area (Å²) in [6.45, 7) is 1.39. The van der Waals surface area contributed by atoms with Gasteiger partial charge in [-0.25, -0.2) is 36.5 Å². The Morgan fingerprint density at radius 2 is 1.95 bits per heavy atom. The number of alkyl halides is 3. The topological polar surface area (TPSA) is 115 Å². The van der Waals surface area contributed by atoms with Gasteiger partial charge >= 0.3 is 0 Å². The minimum atomic E-state index is -3.35. The van der Waals surface area contributed by atoms with E-state index in [0.717, 1.165) is 0 Å². The average Bonchev–Trinajstić information content (AvgIpc) is 3.53. The van der Waals surface area contributed by atoms with E-state index in [4.69, 9.17) is 20.8 Å². The summed E-state index contributed by atoms with van der Waals surface area (Å²) < 4.78 is 79.8. The second-order valence-electron chi connectivity index (χ2n) is 10.4. The molecule has 4 aromatic rings. The summed E-state index contributed by atoms with van der Waals surface area (Å²) in [7, 11) is -3.35. The summed E-state index contributed by atoms with van der Waals surface area (Å²) in [5.74, 6) is -1.67. The van der Waals surface area contributed by atoms with Gasteiger partial charge in [0.2, 0.25) is 5.88 Å². The first-order chi connectivity index (χ1) is 19.4. The van der Waals surface area contributed by atoms with E-state index in [1.165, 1.54) is 19.2 Å². The molecular formula is C27H24ClF3N4O5S. The predicted molar refractivity (Wildman–Crippen MR) is 145 cm³/mol. The molecule has 2 fully saturated rings. The Kier molecular flexibility index (Phi) is 6.84. The van der Waals surface area contributed by atoms with Gasteiger partial charge in [0.05, 0.1) is 34.7 Å². The number of rotatable bonds is 6. The number of sulfone groups is 1. The van der Waals surface area contributed by atoms with E-state index in [9.17, 15) is 22.0 Å². The number of halogens is 4. The fourth-order valence-electron chi connectivity index (χ4n) is 5.52. The fourth-order valence-corrected chi connectivity index (χ4v) is 7.15. The van der Waals surface area contributed by atoms with E-state index in [1.54, 1.807) is 29.2 Å². The van der Waals surface area contributed by atoms with Crippen molar-refractivity contribution in [2.45, 2.75) is 50.4 Å². The number of carbonyl (C=O) groups excluding carboxylic acids is 1. The number of pyridine rings is 1. The van der Waals surface area contributed by atoms with Crippen molar-refractivity contribution >= 4 is 55.1 Å². The van der Waals surface area contributed by atoms with Gasteiger partial charge in [-0.05, 0) is 38.0 Å². The van der Waals surface area contributed by atoms with Gasteiger partial charge in [0.15, 0.2) is 32.8 Å². The van der Waals surface area contributed by atoms with Crippen molar-refractivity contribution in [1.29, 1.82) is 0 Å². The van der Waals surface area contributed by atoms with E-state index < -0.39 is 39.9 Å². The summed E-state index contributed by atoms with van der Waals surface area (Å²) in [5, 5.41) is 0.678. The number of hydrogen-bond acceptors (Lipinski definition) is 9. The summed E-state index contributed by atoms with van der Waals surface area (Å²) in [6, 6.07) is 7.40. The summed E-state index contributed by atoms with van der Waals surface area (Å²) >= 11 is 6.13. The fraction of sp³-hybridized carbons (Fsp3) is 0.407. The molecule has 14 heteroatoms. The number of Topliss-reactive ketones (excluding diaryl/α,β-unsaturated/α-hetero) is 1. The first-order valence-corrected chi connectivity index (χ1v) is 15.1. The van der Waals surface area contributed by atoms with Crippen LogP contribution in [0, 0.1) is 0 Å². The van der Waals surface area contributed by atoms with Crippen LogP contribution in [-0.2, 0) is 20.3 Å². The number of ketones is 1. The van der Waals surface area contributed by atoms with Crippen molar-refractivity contribution in [2.24, 2.45) is 0 Å². The number of ether oxygens (including phenoxy) is 1. The van der Waals surface area contributed by atoms with Crippen LogP contribution in [0.25, 0.3) is 22.1 Å². The first-order valence-electron chi connectivity index (χ1n) is 12.9. The van der Waals surface area contributed by atoms with Crippen LogP contribution in [0.5, 0.6) is 5.88 Å². The smallest absolute Gasteiger partial charge is 0.297 e. The third kappa shape index (κ3) is 5.09. The van der Waals surface area contributed by atoms with Crippen molar-refractivity contribution < 1.29 is 35.5 Å². The lowest BCUT2D eigenvalue weighted by Crippen LogP contribution is -2.36. The van der Waals surface area contributed by atoms with Crippen LogP contribution < -0.4 is 9.64 Å². The minimum absolute atomic E-state index is 0.0213. The van der Waals surface area contributed by atoms with Gasteiger partial charge < -0.3 is 14.1 Å². The molecule has 0 amide bonds. The lowest BCUT2D eigenvalue weighted by Gasteiger charge is -2.31. The Hall–Kier alpha value is -3.45. The lowest BCUT2D eigenvalue weighted by molar-refractivity contribution is -0.118. The molecule has 0 unspecified atom stereocenters. The Bertz CT molecular complexity index is 1770. The second kappa shape index (κ2) is 10.1. The van der Waals surface area contributed by atoms with Crippen molar-refractivity contribution in [3.8, 4) is 5.88 Å². The zero-order chi connectivity index (χ0) is 29.1. The molecule has 41 heavy (non-hydrogen) atoms. The van der Waals surface area contributed by atoms with Crippen molar-refractivity contribution in [3.63, 3.8) is 0 Å². The second-order valence-corrected chi connectivity index (χ2v) is 13.1. The third-order valence-corrected chi connectivity index (χ3v) is 9.47. The van der Waals surface area contributed by atoms with Crippen molar-refractivity contribution in [3.05, 3.63) is 52.9 Å². The third-order valence-electron chi connectivity index (χ3n) is 7.62. The highest BCUT2D eigenvalue weighted by molar-refractivity contribution is 7.91. The van der Waals surface area contributed by atoms with Gasteiger partial charge in [-0.15, -0.1) is 0 Å². The number of anilines is 1. The molecule has 0 aliphatic carbocycles. The number of hydrogen-bond donors (Lipinski definition) is 0. The molecular weight excluding hydrogens is 585 g/mol. The quantitative estimate of drug-likeness (QED) is 0.286. The monoisotopic (exact) mass is 608 g/mol. The Morgan fingerprint density at radius 3 is 2.66 bits per heavy atom.